The number of nitrogens with zero attached hydrogens (tertiary/aromatic N) is 3. The maximum Gasteiger partial charge on any atom is 0.233 e. The first-order valence-corrected chi connectivity index (χ1v) is 9.69. The van der Waals surface area contributed by atoms with Crippen LogP contribution in [0.25, 0.3) is 10.9 Å². The van der Waals surface area contributed by atoms with Crippen LogP contribution >= 0.6 is 11.6 Å². The molecule has 1 N–H and O–H groups in total. The highest BCUT2D eigenvalue weighted by Crippen LogP contribution is 2.30. The van der Waals surface area contributed by atoms with Gasteiger partial charge in [-0.15, -0.1) is 0 Å². The molecule has 2 heterocycles. The van der Waals surface area contributed by atoms with Crippen LogP contribution in [0.5, 0.6) is 0 Å². The Labute approximate surface area is 157 Å². The number of hydrogen-bond donors (Lipinski definition) is 1. The molecule has 7 heteroatoms. The molecule has 2 fully saturated rings. The topological polar surface area (TPSA) is 67.2 Å². The predicted octanol–water partition coefficient (Wildman–Crippen LogP) is 2.60. The summed E-state index contributed by atoms with van der Waals surface area (Å²) in [5.74, 6) is -0.163. The van der Waals surface area contributed by atoms with Crippen molar-refractivity contribution in [3.8, 4) is 0 Å². The van der Waals surface area contributed by atoms with E-state index in [0.717, 1.165) is 43.1 Å². The number of carbonyl (C=O) groups is 2. The number of carbonyl (C=O) groups excluding carboxylic acids is 2. The standard InChI is InChI=1S/C19H23ClN4O2/c20-15-4-3-13-12-22-23(17(13)10-15)9-7-18(25)24(16-5-6-16)19(26)14-2-1-8-21-11-14/h3-4,10,12,14,16,21H,1-2,5-9,11H2. The molecule has 0 bridgehead atoms. The summed E-state index contributed by atoms with van der Waals surface area (Å²) in [6, 6.07) is 5.69. The van der Waals surface area contributed by atoms with E-state index >= 15 is 0 Å². The quantitative estimate of drug-likeness (QED) is 0.873. The van der Waals surface area contributed by atoms with Crippen molar-refractivity contribution in [3.05, 3.63) is 29.4 Å². The van der Waals surface area contributed by atoms with Gasteiger partial charge >= 0.3 is 0 Å². The number of aromatic nitrogens is 2. The van der Waals surface area contributed by atoms with Crippen LogP contribution in [-0.4, -0.2) is 45.6 Å². The van der Waals surface area contributed by atoms with Gasteiger partial charge in [0.05, 0.1) is 24.2 Å². The Balaban J connectivity index is 1.45. The van der Waals surface area contributed by atoms with Crippen molar-refractivity contribution in [2.24, 2.45) is 5.92 Å². The van der Waals surface area contributed by atoms with Crippen molar-refractivity contribution in [3.63, 3.8) is 0 Å². The molecule has 1 unspecified atom stereocenters. The molecule has 4 rings (SSSR count). The third kappa shape index (κ3) is 3.62. The second-order valence-corrected chi connectivity index (χ2v) is 7.63. The summed E-state index contributed by atoms with van der Waals surface area (Å²) in [6.07, 6.45) is 5.75. The number of fused-ring (bicyclic) bond motifs is 1. The Kier molecular flexibility index (Phi) is 4.96. The van der Waals surface area contributed by atoms with E-state index in [1.54, 1.807) is 10.9 Å². The van der Waals surface area contributed by atoms with E-state index in [0.29, 0.717) is 18.1 Å². The summed E-state index contributed by atoms with van der Waals surface area (Å²) < 4.78 is 1.79. The minimum atomic E-state index is -0.0891. The van der Waals surface area contributed by atoms with Gasteiger partial charge < -0.3 is 5.32 Å². The lowest BCUT2D eigenvalue weighted by atomic mass is 9.98. The Morgan fingerprint density at radius 3 is 2.88 bits per heavy atom. The summed E-state index contributed by atoms with van der Waals surface area (Å²) in [4.78, 5) is 27.2. The zero-order chi connectivity index (χ0) is 18.1. The molecule has 1 aliphatic carbocycles. The van der Waals surface area contributed by atoms with Crippen LogP contribution in [0.1, 0.15) is 32.1 Å². The first-order valence-electron chi connectivity index (χ1n) is 9.31. The second-order valence-electron chi connectivity index (χ2n) is 7.20. The fourth-order valence-corrected chi connectivity index (χ4v) is 3.81. The molecule has 1 atom stereocenters. The Morgan fingerprint density at radius 2 is 2.15 bits per heavy atom. The zero-order valence-electron chi connectivity index (χ0n) is 14.7. The summed E-state index contributed by atoms with van der Waals surface area (Å²) in [6.45, 7) is 2.08. The highest BCUT2D eigenvalue weighted by atomic mass is 35.5. The third-order valence-corrected chi connectivity index (χ3v) is 5.44. The number of benzene rings is 1. The van der Waals surface area contributed by atoms with Crippen LogP contribution in [0.3, 0.4) is 0 Å². The monoisotopic (exact) mass is 374 g/mol. The smallest absolute Gasteiger partial charge is 0.233 e. The molecule has 2 aromatic rings. The molecular formula is C19H23ClN4O2. The number of halogens is 1. The van der Waals surface area contributed by atoms with Crippen molar-refractivity contribution in [2.75, 3.05) is 13.1 Å². The summed E-state index contributed by atoms with van der Waals surface area (Å²) >= 11 is 6.07. The zero-order valence-corrected chi connectivity index (χ0v) is 15.4. The molecule has 1 saturated carbocycles. The Morgan fingerprint density at radius 1 is 1.31 bits per heavy atom. The van der Waals surface area contributed by atoms with Gasteiger partial charge in [0.25, 0.3) is 0 Å². The van der Waals surface area contributed by atoms with Gasteiger partial charge in [0, 0.05) is 29.4 Å². The van der Waals surface area contributed by atoms with E-state index in [-0.39, 0.29) is 30.2 Å². The first kappa shape index (κ1) is 17.5. The first-order chi connectivity index (χ1) is 12.6. The molecule has 1 aromatic carbocycles. The molecule has 2 amide bonds. The maximum atomic E-state index is 12.9. The fourth-order valence-electron chi connectivity index (χ4n) is 3.64. The molecule has 6 nitrogen and oxygen atoms in total. The summed E-state index contributed by atoms with van der Waals surface area (Å²) in [5, 5.41) is 9.25. The van der Waals surface area contributed by atoms with E-state index in [4.69, 9.17) is 11.6 Å². The molecule has 1 saturated heterocycles. The average Bonchev–Trinajstić information content (AvgIpc) is 3.41. The third-order valence-electron chi connectivity index (χ3n) is 5.21. The highest BCUT2D eigenvalue weighted by Gasteiger charge is 2.39. The fraction of sp³-hybridized carbons (Fsp3) is 0.526. The lowest BCUT2D eigenvalue weighted by molar-refractivity contribution is -0.148. The molecule has 2 aliphatic rings. The number of piperidine rings is 1. The van der Waals surface area contributed by atoms with Gasteiger partial charge in [-0.2, -0.15) is 5.10 Å². The molecule has 26 heavy (non-hydrogen) atoms. The molecule has 1 aliphatic heterocycles. The molecule has 0 spiro atoms. The van der Waals surface area contributed by atoms with Crippen molar-refractivity contribution < 1.29 is 9.59 Å². The van der Waals surface area contributed by atoms with E-state index in [1.165, 1.54) is 4.90 Å². The minimum Gasteiger partial charge on any atom is -0.316 e. The highest BCUT2D eigenvalue weighted by molar-refractivity contribution is 6.31. The molecule has 0 radical (unpaired) electrons. The lowest BCUT2D eigenvalue weighted by Gasteiger charge is -2.28. The maximum absolute atomic E-state index is 12.9. The summed E-state index contributed by atoms with van der Waals surface area (Å²) in [5.41, 5.74) is 0.908. The Hall–Kier alpha value is -1.92. The van der Waals surface area contributed by atoms with Crippen LogP contribution in [-0.2, 0) is 16.1 Å². The van der Waals surface area contributed by atoms with Gasteiger partial charge in [0.2, 0.25) is 11.8 Å². The van der Waals surface area contributed by atoms with Gasteiger partial charge in [-0.3, -0.25) is 19.2 Å². The second kappa shape index (κ2) is 7.37. The van der Waals surface area contributed by atoms with Crippen molar-refractivity contribution in [2.45, 2.75) is 44.7 Å². The molecule has 138 valence electrons. The van der Waals surface area contributed by atoms with E-state index < -0.39 is 0 Å². The van der Waals surface area contributed by atoms with Crippen molar-refractivity contribution in [1.29, 1.82) is 0 Å². The minimum absolute atomic E-state index is 0.00179. The Bertz CT molecular complexity index is 824. The van der Waals surface area contributed by atoms with Crippen LogP contribution in [0.15, 0.2) is 24.4 Å². The van der Waals surface area contributed by atoms with Crippen LogP contribution in [0.2, 0.25) is 5.02 Å². The van der Waals surface area contributed by atoms with Crippen LogP contribution < -0.4 is 5.32 Å². The largest absolute Gasteiger partial charge is 0.316 e. The number of hydrogen-bond acceptors (Lipinski definition) is 4. The van der Waals surface area contributed by atoms with Gasteiger partial charge in [-0.1, -0.05) is 11.6 Å². The molecule has 1 aromatic heterocycles. The van der Waals surface area contributed by atoms with Gasteiger partial charge in [-0.25, -0.2) is 0 Å². The van der Waals surface area contributed by atoms with Crippen LogP contribution in [0.4, 0.5) is 0 Å². The van der Waals surface area contributed by atoms with Crippen LogP contribution in [0, 0.1) is 5.92 Å². The van der Waals surface area contributed by atoms with Gasteiger partial charge in [-0.05, 0) is 50.4 Å². The van der Waals surface area contributed by atoms with E-state index in [1.807, 2.05) is 18.2 Å². The SMILES string of the molecule is O=C(CCn1ncc2ccc(Cl)cc21)N(C(=O)C1CCCNC1)C1CC1. The van der Waals surface area contributed by atoms with E-state index in [2.05, 4.69) is 10.4 Å². The average molecular weight is 375 g/mol. The predicted molar refractivity (Wildman–Crippen MR) is 99.8 cm³/mol. The number of amides is 2. The van der Waals surface area contributed by atoms with Gasteiger partial charge in [0.1, 0.15) is 0 Å². The lowest BCUT2D eigenvalue weighted by Crippen LogP contribution is -2.47. The number of rotatable bonds is 5. The van der Waals surface area contributed by atoms with Crippen molar-refractivity contribution in [1.82, 2.24) is 20.0 Å². The van der Waals surface area contributed by atoms with Gasteiger partial charge in [0.15, 0.2) is 0 Å². The molecular weight excluding hydrogens is 352 g/mol. The number of imide groups is 1. The van der Waals surface area contributed by atoms with E-state index in [9.17, 15) is 9.59 Å². The number of nitrogens with one attached hydrogen (secondary N) is 1. The number of aryl methyl sites for hydroxylation is 1. The summed E-state index contributed by atoms with van der Waals surface area (Å²) in [7, 11) is 0. The normalized spacial score (nSPS) is 20.3. The van der Waals surface area contributed by atoms with Crippen molar-refractivity contribution >= 4 is 34.3 Å².